The number of nitro groups is 1. The lowest BCUT2D eigenvalue weighted by molar-refractivity contribution is -0.384. The number of halogens is 1. The molecule has 0 radical (unpaired) electrons. The van der Waals surface area contributed by atoms with Gasteiger partial charge in [0.05, 0.1) is 11.0 Å². The number of nitrogens with zero attached hydrogens (tertiary/aromatic N) is 1. The maximum Gasteiger partial charge on any atom is 0.293 e. The molecule has 0 bridgehead atoms. The van der Waals surface area contributed by atoms with E-state index < -0.39 is 11.0 Å². The highest BCUT2D eigenvalue weighted by Gasteiger charge is 2.18. The molecule has 1 aromatic carbocycles. The fourth-order valence-electron chi connectivity index (χ4n) is 1.81. The van der Waals surface area contributed by atoms with Gasteiger partial charge >= 0.3 is 0 Å². The van der Waals surface area contributed by atoms with E-state index in [1.54, 1.807) is 12.1 Å². The van der Waals surface area contributed by atoms with Crippen molar-refractivity contribution >= 4 is 27.3 Å². The van der Waals surface area contributed by atoms with Gasteiger partial charge < -0.3 is 10.4 Å². The molecule has 2 N–H and O–H groups in total. The average Bonchev–Trinajstić information content (AvgIpc) is 2.24. The molecule has 0 amide bonds. The third-order valence-corrected chi connectivity index (χ3v) is 3.03. The van der Waals surface area contributed by atoms with Crippen molar-refractivity contribution < 1.29 is 10.0 Å². The number of aliphatic hydroxyl groups is 1. The van der Waals surface area contributed by atoms with E-state index in [0.717, 1.165) is 0 Å². The van der Waals surface area contributed by atoms with E-state index in [2.05, 4.69) is 21.2 Å². The Balaban J connectivity index is 2.70. The molecule has 1 rings (SSSR count). The van der Waals surface area contributed by atoms with E-state index >= 15 is 0 Å². The predicted octanol–water partition coefficient (Wildman–Crippen LogP) is 3.57. The molecule has 0 spiro atoms. The first kappa shape index (κ1) is 15.9. The zero-order valence-electron chi connectivity index (χ0n) is 11.3. The fraction of sp³-hybridized carbons (Fsp3) is 0.538. The van der Waals surface area contributed by atoms with Crippen molar-refractivity contribution in [2.24, 2.45) is 5.41 Å². The van der Waals surface area contributed by atoms with Crippen LogP contribution >= 0.6 is 15.9 Å². The van der Waals surface area contributed by atoms with E-state index in [-0.39, 0.29) is 11.1 Å². The topological polar surface area (TPSA) is 75.4 Å². The Morgan fingerprint density at radius 1 is 1.47 bits per heavy atom. The van der Waals surface area contributed by atoms with Crippen molar-refractivity contribution in [2.45, 2.75) is 33.3 Å². The number of anilines is 1. The summed E-state index contributed by atoms with van der Waals surface area (Å²) in [6.45, 7) is 6.41. The van der Waals surface area contributed by atoms with E-state index in [9.17, 15) is 15.2 Å². The van der Waals surface area contributed by atoms with E-state index in [1.165, 1.54) is 6.07 Å². The second-order valence-electron chi connectivity index (χ2n) is 5.72. The van der Waals surface area contributed by atoms with Crippen LogP contribution in [-0.2, 0) is 0 Å². The van der Waals surface area contributed by atoms with Crippen molar-refractivity contribution in [2.75, 3.05) is 11.9 Å². The summed E-state index contributed by atoms with van der Waals surface area (Å²) in [4.78, 5) is 10.5. The molecule has 1 atom stereocenters. The number of benzene rings is 1. The Hall–Kier alpha value is -1.14. The Morgan fingerprint density at radius 3 is 2.63 bits per heavy atom. The van der Waals surface area contributed by atoms with Gasteiger partial charge in [-0.2, -0.15) is 0 Å². The summed E-state index contributed by atoms with van der Waals surface area (Å²) in [5.41, 5.74) is 0.436. The molecule has 0 fully saturated rings. The van der Waals surface area contributed by atoms with Crippen LogP contribution in [0.2, 0.25) is 0 Å². The molecule has 0 saturated carbocycles. The molecule has 1 unspecified atom stereocenters. The molecule has 0 saturated heterocycles. The molecular weight excluding hydrogens is 312 g/mol. The van der Waals surface area contributed by atoms with E-state index in [4.69, 9.17) is 0 Å². The minimum atomic E-state index is -0.539. The largest absolute Gasteiger partial charge is 0.391 e. The zero-order valence-corrected chi connectivity index (χ0v) is 12.9. The second-order valence-corrected chi connectivity index (χ2v) is 6.63. The molecule has 0 aliphatic heterocycles. The van der Waals surface area contributed by atoms with Gasteiger partial charge in [0.1, 0.15) is 5.69 Å². The summed E-state index contributed by atoms with van der Waals surface area (Å²) in [6.07, 6.45) is 0.0906. The Bertz CT molecular complexity index is 458. The summed E-state index contributed by atoms with van der Waals surface area (Å²) < 4.78 is 0.653. The van der Waals surface area contributed by atoms with Gasteiger partial charge in [0, 0.05) is 17.1 Å². The standard InChI is InChI=1S/C13H19BrN2O3/c1-13(2,3)7-10(17)8-15-11-5-4-9(14)6-12(11)16(18)19/h4-6,10,15,17H,7-8H2,1-3H3. The lowest BCUT2D eigenvalue weighted by Crippen LogP contribution is -2.25. The maximum atomic E-state index is 10.9. The Kier molecular flexibility index (Phi) is 5.31. The number of hydrogen-bond acceptors (Lipinski definition) is 4. The highest BCUT2D eigenvalue weighted by Crippen LogP contribution is 2.28. The third-order valence-electron chi connectivity index (χ3n) is 2.53. The number of hydrogen-bond donors (Lipinski definition) is 2. The number of nitrogens with one attached hydrogen (secondary N) is 1. The summed E-state index contributed by atoms with van der Waals surface area (Å²) >= 11 is 3.20. The molecule has 5 nitrogen and oxygen atoms in total. The summed E-state index contributed by atoms with van der Waals surface area (Å²) in [5, 5.41) is 23.7. The summed E-state index contributed by atoms with van der Waals surface area (Å²) in [7, 11) is 0. The molecular formula is C13H19BrN2O3. The van der Waals surface area contributed by atoms with Gasteiger partial charge in [-0.15, -0.1) is 0 Å². The number of nitro benzene ring substituents is 1. The summed E-state index contributed by atoms with van der Waals surface area (Å²) in [5.74, 6) is 0. The molecule has 0 aromatic heterocycles. The first-order valence-electron chi connectivity index (χ1n) is 6.05. The lowest BCUT2D eigenvalue weighted by Gasteiger charge is -2.22. The molecule has 6 heteroatoms. The maximum absolute atomic E-state index is 10.9. The van der Waals surface area contributed by atoms with Crippen LogP contribution in [0.25, 0.3) is 0 Å². The van der Waals surface area contributed by atoms with Gasteiger partial charge in [-0.1, -0.05) is 36.7 Å². The number of aliphatic hydroxyl groups excluding tert-OH is 1. The van der Waals surface area contributed by atoms with Crippen molar-refractivity contribution in [3.05, 3.63) is 32.8 Å². The van der Waals surface area contributed by atoms with Gasteiger partial charge in [0.25, 0.3) is 5.69 Å². The molecule has 0 aliphatic carbocycles. The van der Waals surface area contributed by atoms with Gasteiger partial charge in [-0.25, -0.2) is 0 Å². The fourth-order valence-corrected chi connectivity index (χ4v) is 2.16. The zero-order chi connectivity index (χ0) is 14.6. The van der Waals surface area contributed by atoms with Gasteiger partial charge in [0.15, 0.2) is 0 Å². The SMILES string of the molecule is CC(C)(C)CC(O)CNc1ccc(Br)cc1[N+](=O)[O-]. The minimum absolute atomic E-state index is 0.00247. The van der Waals surface area contributed by atoms with Crippen molar-refractivity contribution in [3.63, 3.8) is 0 Å². The van der Waals surface area contributed by atoms with Crippen molar-refractivity contribution in [1.82, 2.24) is 0 Å². The summed E-state index contributed by atoms with van der Waals surface area (Å²) in [6, 6.07) is 4.80. The first-order chi connectivity index (χ1) is 8.69. The molecule has 106 valence electrons. The quantitative estimate of drug-likeness (QED) is 0.639. The normalized spacial score (nSPS) is 13.1. The van der Waals surface area contributed by atoms with Crippen LogP contribution in [0.1, 0.15) is 27.2 Å². The van der Waals surface area contributed by atoms with Crippen LogP contribution in [0.4, 0.5) is 11.4 Å². The van der Waals surface area contributed by atoms with Gasteiger partial charge in [-0.05, 0) is 24.0 Å². The predicted molar refractivity (Wildman–Crippen MR) is 79.4 cm³/mol. The van der Waals surface area contributed by atoms with Crippen LogP contribution in [0, 0.1) is 15.5 Å². The highest BCUT2D eigenvalue weighted by atomic mass is 79.9. The van der Waals surface area contributed by atoms with Crippen LogP contribution in [0.15, 0.2) is 22.7 Å². The van der Waals surface area contributed by atoms with E-state index in [0.29, 0.717) is 23.1 Å². The Morgan fingerprint density at radius 2 is 2.11 bits per heavy atom. The average molecular weight is 331 g/mol. The molecule has 0 aliphatic rings. The molecule has 0 heterocycles. The van der Waals surface area contributed by atoms with Crippen LogP contribution < -0.4 is 5.32 Å². The third kappa shape index (κ3) is 5.57. The minimum Gasteiger partial charge on any atom is -0.391 e. The van der Waals surface area contributed by atoms with Gasteiger partial charge in [0.2, 0.25) is 0 Å². The first-order valence-corrected chi connectivity index (χ1v) is 6.84. The lowest BCUT2D eigenvalue weighted by atomic mass is 9.89. The van der Waals surface area contributed by atoms with Crippen molar-refractivity contribution in [3.8, 4) is 0 Å². The van der Waals surface area contributed by atoms with Crippen LogP contribution in [0.5, 0.6) is 0 Å². The van der Waals surface area contributed by atoms with Gasteiger partial charge in [-0.3, -0.25) is 10.1 Å². The highest BCUT2D eigenvalue weighted by molar-refractivity contribution is 9.10. The molecule has 19 heavy (non-hydrogen) atoms. The van der Waals surface area contributed by atoms with Crippen LogP contribution in [0.3, 0.4) is 0 Å². The Labute approximate surface area is 121 Å². The van der Waals surface area contributed by atoms with Crippen molar-refractivity contribution in [1.29, 1.82) is 0 Å². The van der Waals surface area contributed by atoms with E-state index in [1.807, 2.05) is 20.8 Å². The van der Waals surface area contributed by atoms with Crippen LogP contribution in [-0.4, -0.2) is 22.7 Å². The smallest absolute Gasteiger partial charge is 0.293 e. The molecule has 1 aromatic rings. The number of rotatable bonds is 5. The second kappa shape index (κ2) is 6.34. The monoisotopic (exact) mass is 330 g/mol.